The number of esters is 1. The second-order valence-electron chi connectivity index (χ2n) is 4.85. The fourth-order valence-corrected chi connectivity index (χ4v) is 2.47. The van der Waals surface area contributed by atoms with E-state index in [1.165, 1.54) is 12.0 Å². The Labute approximate surface area is 122 Å². The first-order valence-electron chi connectivity index (χ1n) is 6.60. The molecule has 2 rings (SSSR count). The Bertz CT molecular complexity index is 567. The molecule has 0 aliphatic carbocycles. The van der Waals surface area contributed by atoms with E-state index in [1.807, 2.05) is 6.07 Å². The molecule has 1 fully saturated rings. The number of carbonyl (C=O) groups excluding carboxylic acids is 2. The van der Waals surface area contributed by atoms with Gasteiger partial charge in [0.05, 0.1) is 18.7 Å². The molecule has 0 aromatic heterocycles. The first kappa shape index (κ1) is 14.9. The topological polar surface area (TPSA) is 79.6 Å². The number of likely N-dealkylation sites (tertiary alicyclic amines) is 1. The van der Waals surface area contributed by atoms with Crippen LogP contribution >= 0.6 is 0 Å². The maximum absolute atomic E-state index is 12.0. The van der Waals surface area contributed by atoms with Crippen LogP contribution in [0.5, 0.6) is 0 Å². The van der Waals surface area contributed by atoms with E-state index in [4.69, 9.17) is 4.74 Å². The van der Waals surface area contributed by atoms with Crippen LogP contribution in [-0.4, -0.2) is 42.3 Å². The summed E-state index contributed by atoms with van der Waals surface area (Å²) in [6.45, 7) is 1.79. The average molecular weight is 288 g/mol. The van der Waals surface area contributed by atoms with Gasteiger partial charge in [0.2, 0.25) is 0 Å². The lowest BCUT2D eigenvalue weighted by atomic mass is 10.1. The maximum Gasteiger partial charge on any atom is 0.410 e. The zero-order chi connectivity index (χ0) is 15.4. The molecule has 21 heavy (non-hydrogen) atoms. The molecule has 1 heterocycles. The van der Waals surface area contributed by atoms with E-state index in [9.17, 15) is 14.9 Å². The molecule has 0 N–H and O–H groups in total. The SMILES string of the molecule is COC(=O)N1[C@H](C)C[C@@H](OC(=O)c2ccccc2)[C@H]1C#N. The van der Waals surface area contributed by atoms with Gasteiger partial charge in [-0.3, -0.25) is 4.90 Å². The first-order valence-corrected chi connectivity index (χ1v) is 6.60. The van der Waals surface area contributed by atoms with E-state index < -0.39 is 24.2 Å². The molecule has 1 aromatic rings. The Morgan fingerprint density at radius 2 is 2.00 bits per heavy atom. The minimum absolute atomic E-state index is 0.226. The molecule has 0 spiro atoms. The highest BCUT2D eigenvalue weighted by atomic mass is 16.6. The van der Waals surface area contributed by atoms with Crippen LogP contribution in [0.4, 0.5) is 4.79 Å². The molecule has 0 radical (unpaired) electrons. The number of hydrogen-bond acceptors (Lipinski definition) is 5. The Kier molecular flexibility index (Phi) is 4.43. The molecule has 3 atom stereocenters. The predicted octanol–water partition coefficient (Wildman–Crippen LogP) is 1.96. The number of nitrogens with zero attached hydrogens (tertiary/aromatic N) is 2. The highest BCUT2D eigenvalue weighted by Gasteiger charge is 2.45. The van der Waals surface area contributed by atoms with E-state index >= 15 is 0 Å². The Hall–Kier alpha value is -2.55. The van der Waals surface area contributed by atoms with Crippen molar-refractivity contribution in [2.45, 2.75) is 31.5 Å². The van der Waals surface area contributed by atoms with Crippen LogP contribution in [-0.2, 0) is 9.47 Å². The molecular formula is C15H16N2O4. The number of hydrogen-bond donors (Lipinski definition) is 0. The smallest absolute Gasteiger partial charge is 0.410 e. The number of benzene rings is 1. The second kappa shape index (κ2) is 6.27. The maximum atomic E-state index is 12.0. The molecule has 0 unspecified atom stereocenters. The zero-order valence-electron chi connectivity index (χ0n) is 11.9. The van der Waals surface area contributed by atoms with Gasteiger partial charge in [-0.05, 0) is 19.1 Å². The summed E-state index contributed by atoms with van der Waals surface area (Å²) in [5.74, 6) is -0.500. The fourth-order valence-electron chi connectivity index (χ4n) is 2.47. The number of nitriles is 1. The van der Waals surface area contributed by atoms with Gasteiger partial charge in [-0.15, -0.1) is 0 Å². The quantitative estimate of drug-likeness (QED) is 0.777. The van der Waals surface area contributed by atoms with E-state index in [1.54, 1.807) is 37.3 Å². The van der Waals surface area contributed by atoms with Crippen LogP contribution < -0.4 is 0 Å². The van der Waals surface area contributed by atoms with Gasteiger partial charge in [0.25, 0.3) is 0 Å². The van der Waals surface area contributed by atoms with Crippen molar-refractivity contribution >= 4 is 12.1 Å². The van der Waals surface area contributed by atoms with Crippen molar-refractivity contribution in [1.29, 1.82) is 5.26 Å². The molecule has 1 aliphatic heterocycles. The van der Waals surface area contributed by atoms with Crippen LogP contribution in [0.1, 0.15) is 23.7 Å². The molecular weight excluding hydrogens is 272 g/mol. The lowest BCUT2D eigenvalue weighted by molar-refractivity contribution is 0.0260. The Morgan fingerprint density at radius 3 is 2.57 bits per heavy atom. The Morgan fingerprint density at radius 1 is 1.33 bits per heavy atom. The third-order valence-electron chi connectivity index (χ3n) is 3.49. The van der Waals surface area contributed by atoms with E-state index in [0.717, 1.165) is 0 Å². The third-order valence-corrected chi connectivity index (χ3v) is 3.49. The van der Waals surface area contributed by atoms with Crippen molar-refractivity contribution in [3.8, 4) is 6.07 Å². The van der Waals surface area contributed by atoms with Crippen molar-refractivity contribution in [3.63, 3.8) is 0 Å². The number of methoxy groups -OCH3 is 1. The van der Waals surface area contributed by atoms with Crippen molar-refractivity contribution in [2.75, 3.05) is 7.11 Å². The summed E-state index contributed by atoms with van der Waals surface area (Å²) in [6, 6.07) is 9.50. The standard InChI is InChI=1S/C15H16N2O4/c1-10-8-13(12(9-16)17(10)15(19)20-2)21-14(18)11-6-4-3-5-7-11/h3-7,10,12-13H,8H2,1-2H3/t10-,12-,13-/m1/s1. The molecule has 1 amide bonds. The number of rotatable bonds is 2. The summed E-state index contributed by atoms with van der Waals surface area (Å²) < 4.78 is 10.1. The fraction of sp³-hybridized carbons (Fsp3) is 0.400. The molecule has 1 aliphatic rings. The highest BCUT2D eigenvalue weighted by molar-refractivity contribution is 5.89. The van der Waals surface area contributed by atoms with Crippen LogP contribution in [0.15, 0.2) is 30.3 Å². The monoisotopic (exact) mass is 288 g/mol. The second-order valence-corrected chi connectivity index (χ2v) is 4.85. The van der Waals surface area contributed by atoms with Crippen LogP contribution in [0.2, 0.25) is 0 Å². The van der Waals surface area contributed by atoms with Crippen molar-refractivity contribution in [2.24, 2.45) is 0 Å². The van der Waals surface area contributed by atoms with Gasteiger partial charge in [0, 0.05) is 12.5 Å². The molecule has 6 nitrogen and oxygen atoms in total. The van der Waals surface area contributed by atoms with Crippen LogP contribution in [0, 0.1) is 11.3 Å². The minimum atomic E-state index is -0.833. The lowest BCUT2D eigenvalue weighted by Gasteiger charge is -2.23. The van der Waals surface area contributed by atoms with Gasteiger partial charge in [0.15, 0.2) is 6.04 Å². The normalized spacial score (nSPS) is 24.2. The van der Waals surface area contributed by atoms with Gasteiger partial charge >= 0.3 is 12.1 Å². The lowest BCUT2D eigenvalue weighted by Crippen LogP contribution is -2.42. The number of amides is 1. The van der Waals surface area contributed by atoms with Gasteiger partial charge in [-0.1, -0.05) is 18.2 Å². The summed E-state index contributed by atoms with van der Waals surface area (Å²) in [5.41, 5.74) is 0.415. The van der Waals surface area contributed by atoms with Crippen molar-refractivity contribution in [3.05, 3.63) is 35.9 Å². The zero-order valence-corrected chi connectivity index (χ0v) is 11.9. The Balaban J connectivity index is 2.12. The van der Waals surface area contributed by atoms with Gasteiger partial charge in [-0.25, -0.2) is 9.59 Å². The predicted molar refractivity (Wildman–Crippen MR) is 73.4 cm³/mol. The van der Waals surface area contributed by atoms with Crippen LogP contribution in [0.3, 0.4) is 0 Å². The molecule has 0 bridgehead atoms. The van der Waals surface area contributed by atoms with Crippen molar-refractivity contribution in [1.82, 2.24) is 4.90 Å². The molecule has 6 heteroatoms. The van der Waals surface area contributed by atoms with Gasteiger partial charge in [-0.2, -0.15) is 5.26 Å². The summed E-state index contributed by atoms with van der Waals surface area (Å²) in [7, 11) is 1.26. The largest absolute Gasteiger partial charge is 0.455 e. The molecule has 110 valence electrons. The summed E-state index contributed by atoms with van der Waals surface area (Å²) in [4.78, 5) is 25.1. The highest BCUT2D eigenvalue weighted by Crippen LogP contribution is 2.28. The van der Waals surface area contributed by atoms with Gasteiger partial charge < -0.3 is 9.47 Å². The van der Waals surface area contributed by atoms with E-state index in [0.29, 0.717) is 12.0 Å². The molecule has 0 saturated carbocycles. The van der Waals surface area contributed by atoms with Gasteiger partial charge in [0.1, 0.15) is 6.10 Å². The summed E-state index contributed by atoms with van der Waals surface area (Å²) >= 11 is 0. The first-order chi connectivity index (χ1) is 10.1. The minimum Gasteiger partial charge on any atom is -0.455 e. The molecule has 1 saturated heterocycles. The number of ether oxygens (including phenoxy) is 2. The summed E-state index contributed by atoms with van der Waals surface area (Å²) in [5, 5.41) is 9.26. The van der Waals surface area contributed by atoms with E-state index in [-0.39, 0.29) is 6.04 Å². The van der Waals surface area contributed by atoms with E-state index in [2.05, 4.69) is 4.74 Å². The van der Waals surface area contributed by atoms with Crippen LogP contribution in [0.25, 0.3) is 0 Å². The van der Waals surface area contributed by atoms with Crippen molar-refractivity contribution < 1.29 is 19.1 Å². The third kappa shape index (κ3) is 2.97. The summed E-state index contributed by atoms with van der Waals surface area (Å²) in [6.07, 6.45) is -0.838. The molecule has 1 aromatic carbocycles. The average Bonchev–Trinajstić information content (AvgIpc) is 2.82. The number of carbonyl (C=O) groups is 2.